The summed E-state index contributed by atoms with van der Waals surface area (Å²) in [5, 5.41) is 0. The zero-order chi connectivity index (χ0) is 23.4. The number of aryl methyl sites for hydroxylation is 1. The van der Waals surface area contributed by atoms with Gasteiger partial charge in [0.05, 0.1) is 34.4 Å². The molecule has 33 heavy (non-hydrogen) atoms. The molecule has 1 aliphatic heterocycles. The number of esters is 1. The lowest BCUT2D eigenvalue weighted by molar-refractivity contribution is -0.140. The van der Waals surface area contributed by atoms with E-state index < -0.39 is 21.7 Å². The molecule has 0 atom stereocenters. The topological polar surface area (TPSA) is 113 Å². The van der Waals surface area contributed by atoms with E-state index in [2.05, 4.69) is 4.99 Å². The molecule has 9 nitrogen and oxygen atoms in total. The standard InChI is InChI=1S/C22H22N2O7S2/c1-29-21(26)7-9-24-16-13-17-18(31-11-10-30-17)14-19(16)32-22(24)23-20(25)8-12-33(27,28)15-5-3-2-4-6-15/h2-6,13-14H,7-12H2,1H3. The molecule has 174 valence electrons. The Labute approximate surface area is 194 Å². The maximum absolute atomic E-state index is 12.6. The fraction of sp³-hybridized carbons (Fsp3) is 0.318. The number of ether oxygens (including phenoxy) is 3. The number of methoxy groups -OCH3 is 1. The van der Waals surface area contributed by atoms with Gasteiger partial charge in [-0.25, -0.2) is 8.42 Å². The normalized spacial score (nSPS) is 13.8. The molecule has 1 aromatic heterocycles. The summed E-state index contributed by atoms with van der Waals surface area (Å²) in [5.74, 6) is -0.134. The number of amides is 1. The summed E-state index contributed by atoms with van der Waals surface area (Å²) in [6.45, 7) is 1.11. The highest BCUT2D eigenvalue weighted by Gasteiger charge is 2.19. The number of carbonyl (C=O) groups excluding carboxylic acids is 2. The van der Waals surface area contributed by atoms with E-state index in [1.807, 2.05) is 6.07 Å². The number of fused-ring (bicyclic) bond motifs is 2. The Morgan fingerprint density at radius 3 is 2.48 bits per heavy atom. The van der Waals surface area contributed by atoms with E-state index in [9.17, 15) is 18.0 Å². The van der Waals surface area contributed by atoms with Crippen LogP contribution in [0.15, 0.2) is 52.4 Å². The molecule has 3 aromatic rings. The molecule has 0 spiro atoms. The van der Waals surface area contributed by atoms with Gasteiger partial charge in [0.25, 0.3) is 0 Å². The molecular formula is C22H22N2O7S2. The van der Waals surface area contributed by atoms with Gasteiger partial charge in [0.15, 0.2) is 26.1 Å². The summed E-state index contributed by atoms with van der Waals surface area (Å²) in [5.41, 5.74) is 0.733. The summed E-state index contributed by atoms with van der Waals surface area (Å²) in [4.78, 5) is 29.0. The third-order valence-electron chi connectivity index (χ3n) is 5.02. The Kier molecular flexibility index (Phi) is 6.80. The van der Waals surface area contributed by atoms with Gasteiger partial charge in [-0.3, -0.25) is 9.59 Å². The third kappa shape index (κ3) is 5.25. The van der Waals surface area contributed by atoms with Gasteiger partial charge >= 0.3 is 5.97 Å². The van der Waals surface area contributed by atoms with E-state index >= 15 is 0 Å². The van der Waals surface area contributed by atoms with Crippen LogP contribution < -0.4 is 14.3 Å². The van der Waals surface area contributed by atoms with Crippen molar-refractivity contribution in [2.45, 2.75) is 24.3 Å². The molecule has 0 radical (unpaired) electrons. The van der Waals surface area contributed by atoms with Crippen LogP contribution >= 0.6 is 11.3 Å². The van der Waals surface area contributed by atoms with Crippen molar-refractivity contribution in [3.63, 3.8) is 0 Å². The van der Waals surface area contributed by atoms with E-state index in [4.69, 9.17) is 14.2 Å². The first-order valence-electron chi connectivity index (χ1n) is 10.2. The fourth-order valence-electron chi connectivity index (χ4n) is 3.34. The second-order valence-corrected chi connectivity index (χ2v) is 10.3. The molecule has 0 fully saturated rings. The number of hydrogen-bond donors (Lipinski definition) is 0. The number of rotatable bonds is 7. The Hall–Kier alpha value is -3.18. The second kappa shape index (κ2) is 9.75. The van der Waals surface area contributed by atoms with Gasteiger partial charge in [-0.15, -0.1) is 0 Å². The highest BCUT2D eigenvalue weighted by molar-refractivity contribution is 7.91. The van der Waals surface area contributed by atoms with Crippen LogP contribution in [-0.2, 0) is 30.7 Å². The minimum Gasteiger partial charge on any atom is -0.486 e. The highest BCUT2D eigenvalue weighted by atomic mass is 32.2. The second-order valence-electron chi connectivity index (χ2n) is 7.21. The van der Waals surface area contributed by atoms with Gasteiger partial charge in [0.1, 0.15) is 13.2 Å². The molecule has 0 saturated carbocycles. The number of nitrogens with zero attached hydrogens (tertiary/aromatic N) is 2. The van der Waals surface area contributed by atoms with Crippen molar-refractivity contribution in [1.29, 1.82) is 0 Å². The zero-order valence-electron chi connectivity index (χ0n) is 17.9. The number of sulfone groups is 1. The lowest BCUT2D eigenvalue weighted by Gasteiger charge is -2.18. The molecule has 1 amide bonds. The van der Waals surface area contributed by atoms with Crippen LogP contribution in [0.2, 0.25) is 0 Å². The third-order valence-corrected chi connectivity index (χ3v) is 7.79. The smallest absolute Gasteiger partial charge is 0.307 e. The Morgan fingerprint density at radius 2 is 1.79 bits per heavy atom. The number of aromatic nitrogens is 1. The minimum atomic E-state index is -3.60. The van der Waals surface area contributed by atoms with Crippen LogP contribution in [0.5, 0.6) is 11.5 Å². The molecular weight excluding hydrogens is 468 g/mol. The molecule has 2 aromatic carbocycles. The molecule has 0 aliphatic carbocycles. The van der Waals surface area contributed by atoms with Crippen molar-refractivity contribution in [2.24, 2.45) is 4.99 Å². The van der Waals surface area contributed by atoms with Crippen LogP contribution in [0, 0.1) is 0 Å². The molecule has 2 heterocycles. The van der Waals surface area contributed by atoms with Crippen LogP contribution in [0.1, 0.15) is 12.8 Å². The molecule has 11 heteroatoms. The predicted molar refractivity (Wildman–Crippen MR) is 121 cm³/mol. The Morgan fingerprint density at radius 1 is 1.09 bits per heavy atom. The van der Waals surface area contributed by atoms with Gasteiger partial charge in [0, 0.05) is 25.1 Å². The van der Waals surface area contributed by atoms with Crippen molar-refractivity contribution in [2.75, 3.05) is 26.1 Å². The van der Waals surface area contributed by atoms with Gasteiger partial charge in [-0.2, -0.15) is 4.99 Å². The van der Waals surface area contributed by atoms with E-state index in [1.165, 1.54) is 30.6 Å². The van der Waals surface area contributed by atoms with Gasteiger partial charge in [-0.1, -0.05) is 29.5 Å². The minimum absolute atomic E-state index is 0.0839. The maximum Gasteiger partial charge on any atom is 0.307 e. The van der Waals surface area contributed by atoms with Crippen molar-refractivity contribution in [3.05, 3.63) is 47.3 Å². The predicted octanol–water partition coefficient (Wildman–Crippen LogP) is 2.33. The van der Waals surface area contributed by atoms with Crippen molar-refractivity contribution < 1.29 is 32.2 Å². The molecule has 1 aliphatic rings. The van der Waals surface area contributed by atoms with E-state index in [1.54, 1.807) is 28.8 Å². The lowest BCUT2D eigenvalue weighted by Crippen LogP contribution is -2.20. The Bertz CT molecular complexity index is 1360. The highest BCUT2D eigenvalue weighted by Crippen LogP contribution is 2.35. The quantitative estimate of drug-likeness (QED) is 0.467. The zero-order valence-corrected chi connectivity index (χ0v) is 19.5. The summed E-state index contributed by atoms with van der Waals surface area (Å²) in [6, 6.07) is 11.6. The van der Waals surface area contributed by atoms with Crippen molar-refractivity contribution in [3.8, 4) is 11.5 Å². The van der Waals surface area contributed by atoms with E-state index in [0.717, 1.165) is 10.2 Å². The van der Waals surface area contributed by atoms with Crippen molar-refractivity contribution >= 4 is 43.3 Å². The SMILES string of the molecule is COC(=O)CCn1c(=NC(=O)CCS(=O)(=O)c2ccccc2)sc2cc3c(cc21)OCCO3. The number of benzene rings is 2. The molecule has 0 N–H and O–H groups in total. The van der Waals surface area contributed by atoms with Crippen LogP contribution in [0.4, 0.5) is 0 Å². The van der Waals surface area contributed by atoms with E-state index in [0.29, 0.717) is 29.5 Å². The van der Waals surface area contributed by atoms with E-state index in [-0.39, 0.29) is 30.0 Å². The molecule has 4 rings (SSSR count). The summed E-state index contributed by atoms with van der Waals surface area (Å²) in [6.07, 6.45) is -0.175. The maximum atomic E-state index is 12.6. The summed E-state index contributed by atoms with van der Waals surface area (Å²) < 4.78 is 43.5. The Balaban J connectivity index is 1.64. The van der Waals surface area contributed by atoms with Gasteiger partial charge in [-0.05, 0) is 12.1 Å². The average Bonchev–Trinajstić information content (AvgIpc) is 3.15. The first kappa shape index (κ1) is 23.0. The molecule has 0 unspecified atom stereocenters. The number of carbonyl (C=O) groups is 2. The summed E-state index contributed by atoms with van der Waals surface area (Å²) in [7, 11) is -2.29. The first-order valence-corrected chi connectivity index (χ1v) is 12.7. The fourth-order valence-corrected chi connectivity index (χ4v) is 5.68. The van der Waals surface area contributed by atoms with Gasteiger partial charge < -0.3 is 18.8 Å². The van der Waals surface area contributed by atoms with Crippen LogP contribution in [-0.4, -0.2) is 50.9 Å². The monoisotopic (exact) mass is 490 g/mol. The van der Waals surface area contributed by atoms with Crippen molar-refractivity contribution in [1.82, 2.24) is 4.57 Å². The van der Waals surface area contributed by atoms with Gasteiger partial charge in [0.2, 0.25) is 5.91 Å². The lowest BCUT2D eigenvalue weighted by atomic mass is 10.2. The van der Waals surface area contributed by atoms with Crippen LogP contribution in [0.3, 0.4) is 0 Å². The largest absolute Gasteiger partial charge is 0.486 e. The molecule has 0 bridgehead atoms. The van der Waals surface area contributed by atoms with Crippen LogP contribution in [0.25, 0.3) is 10.2 Å². The molecule has 0 saturated heterocycles. The summed E-state index contributed by atoms with van der Waals surface area (Å²) >= 11 is 1.25. The number of hydrogen-bond acceptors (Lipinski definition) is 8. The average molecular weight is 491 g/mol. The number of thiazole rings is 1. The first-order chi connectivity index (χ1) is 15.9.